The Morgan fingerprint density at radius 2 is 2.44 bits per heavy atom. The third-order valence-corrected chi connectivity index (χ3v) is 2.91. The monoisotopic (exact) mass is 216 g/mol. The summed E-state index contributed by atoms with van der Waals surface area (Å²) in [5.41, 5.74) is 1.67. The van der Waals surface area contributed by atoms with E-state index in [1.807, 2.05) is 24.3 Å². The van der Waals surface area contributed by atoms with Gasteiger partial charge in [-0.2, -0.15) is 5.26 Å². The molecule has 0 radical (unpaired) electrons. The number of nitrogens with one attached hydrogen (secondary N) is 1. The Bertz CT molecular complexity index is 391. The van der Waals surface area contributed by atoms with E-state index >= 15 is 0 Å². The highest BCUT2D eigenvalue weighted by Gasteiger charge is 2.21. The zero-order valence-electron chi connectivity index (χ0n) is 9.44. The number of hydrogen-bond acceptors (Lipinski definition) is 3. The van der Waals surface area contributed by atoms with Crippen molar-refractivity contribution in [2.45, 2.75) is 31.9 Å². The smallest absolute Gasteiger partial charge is 0.0992 e. The summed E-state index contributed by atoms with van der Waals surface area (Å²) in [5, 5.41) is 12.2. The van der Waals surface area contributed by atoms with Crippen molar-refractivity contribution in [2.24, 2.45) is 0 Å². The quantitative estimate of drug-likeness (QED) is 0.844. The molecule has 16 heavy (non-hydrogen) atoms. The standard InChI is InChI=1S/C13H16N2O/c1-10(13-6-3-7-16-13)15-12-5-2-4-11(8-12)9-14/h2,4-5,8,10,13,15H,3,6-7H2,1H3. The second kappa shape index (κ2) is 5.00. The Hall–Kier alpha value is -1.53. The molecule has 2 unspecified atom stereocenters. The molecule has 3 nitrogen and oxygen atoms in total. The van der Waals surface area contributed by atoms with E-state index in [4.69, 9.17) is 10.00 Å². The second-order valence-electron chi connectivity index (χ2n) is 4.18. The average Bonchev–Trinajstić information content (AvgIpc) is 2.83. The van der Waals surface area contributed by atoms with Gasteiger partial charge in [0.05, 0.1) is 17.7 Å². The lowest BCUT2D eigenvalue weighted by atomic mass is 10.1. The molecule has 0 saturated carbocycles. The molecule has 1 fully saturated rings. The normalized spacial score (nSPS) is 21.4. The highest BCUT2D eigenvalue weighted by molar-refractivity contribution is 5.49. The molecule has 84 valence electrons. The third kappa shape index (κ3) is 2.53. The first-order chi connectivity index (χ1) is 7.79. The zero-order valence-corrected chi connectivity index (χ0v) is 9.44. The lowest BCUT2D eigenvalue weighted by Gasteiger charge is -2.21. The van der Waals surface area contributed by atoms with Gasteiger partial charge in [0.25, 0.3) is 0 Å². The molecule has 0 amide bonds. The summed E-state index contributed by atoms with van der Waals surface area (Å²) in [4.78, 5) is 0. The highest BCUT2D eigenvalue weighted by atomic mass is 16.5. The number of benzene rings is 1. The SMILES string of the molecule is CC(Nc1cccc(C#N)c1)C1CCCO1. The lowest BCUT2D eigenvalue weighted by molar-refractivity contribution is 0.0996. The molecule has 1 aliphatic rings. The third-order valence-electron chi connectivity index (χ3n) is 2.91. The predicted octanol–water partition coefficient (Wildman–Crippen LogP) is 2.54. The maximum atomic E-state index is 8.81. The van der Waals surface area contributed by atoms with Gasteiger partial charge in [0.1, 0.15) is 0 Å². The average molecular weight is 216 g/mol. The molecular formula is C13H16N2O. The van der Waals surface area contributed by atoms with Crippen molar-refractivity contribution < 1.29 is 4.74 Å². The predicted molar refractivity (Wildman–Crippen MR) is 63.2 cm³/mol. The number of nitriles is 1. The Labute approximate surface area is 96.0 Å². The van der Waals surface area contributed by atoms with E-state index in [2.05, 4.69) is 18.3 Å². The van der Waals surface area contributed by atoms with Gasteiger partial charge in [-0.25, -0.2) is 0 Å². The van der Waals surface area contributed by atoms with Crippen molar-refractivity contribution in [2.75, 3.05) is 11.9 Å². The van der Waals surface area contributed by atoms with Crippen LogP contribution in [-0.2, 0) is 4.74 Å². The minimum absolute atomic E-state index is 0.288. The van der Waals surface area contributed by atoms with Crippen LogP contribution in [-0.4, -0.2) is 18.8 Å². The van der Waals surface area contributed by atoms with Gasteiger partial charge >= 0.3 is 0 Å². The maximum absolute atomic E-state index is 8.81. The first kappa shape index (κ1) is 11.0. The number of nitrogens with zero attached hydrogens (tertiary/aromatic N) is 1. The molecule has 0 bridgehead atoms. The summed E-state index contributed by atoms with van der Waals surface area (Å²) >= 11 is 0. The summed E-state index contributed by atoms with van der Waals surface area (Å²) in [5.74, 6) is 0. The van der Waals surface area contributed by atoms with E-state index in [0.717, 1.165) is 25.1 Å². The fourth-order valence-electron chi connectivity index (χ4n) is 2.03. The Kier molecular flexibility index (Phi) is 3.43. The topological polar surface area (TPSA) is 45.0 Å². The van der Waals surface area contributed by atoms with Crippen LogP contribution in [0.15, 0.2) is 24.3 Å². The lowest BCUT2D eigenvalue weighted by Crippen LogP contribution is -2.29. The minimum atomic E-state index is 0.288. The molecule has 1 aliphatic heterocycles. The molecule has 1 heterocycles. The van der Waals surface area contributed by atoms with Gasteiger partial charge in [0.2, 0.25) is 0 Å². The van der Waals surface area contributed by atoms with Crippen LogP contribution in [0.4, 0.5) is 5.69 Å². The highest BCUT2D eigenvalue weighted by Crippen LogP contribution is 2.19. The van der Waals surface area contributed by atoms with Crippen molar-refractivity contribution in [1.82, 2.24) is 0 Å². The summed E-state index contributed by atoms with van der Waals surface area (Å²) in [6.07, 6.45) is 2.56. The molecule has 1 saturated heterocycles. The molecule has 1 aromatic carbocycles. The summed E-state index contributed by atoms with van der Waals surface area (Å²) < 4.78 is 5.62. The molecule has 0 spiro atoms. The Balaban J connectivity index is 2.00. The van der Waals surface area contributed by atoms with Gasteiger partial charge in [-0.05, 0) is 38.0 Å². The van der Waals surface area contributed by atoms with Crippen molar-refractivity contribution in [3.05, 3.63) is 29.8 Å². The summed E-state index contributed by atoms with van der Waals surface area (Å²) in [6, 6.07) is 9.97. The van der Waals surface area contributed by atoms with E-state index in [-0.39, 0.29) is 6.04 Å². The maximum Gasteiger partial charge on any atom is 0.0992 e. The summed E-state index contributed by atoms with van der Waals surface area (Å²) in [7, 11) is 0. The van der Waals surface area contributed by atoms with Crippen molar-refractivity contribution in [1.29, 1.82) is 5.26 Å². The van der Waals surface area contributed by atoms with E-state index in [0.29, 0.717) is 11.7 Å². The molecular weight excluding hydrogens is 200 g/mol. The van der Waals surface area contributed by atoms with E-state index in [9.17, 15) is 0 Å². The van der Waals surface area contributed by atoms with Gasteiger partial charge in [0, 0.05) is 18.3 Å². The largest absolute Gasteiger partial charge is 0.380 e. The Morgan fingerprint density at radius 1 is 1.56 bits per heavy atom. The number of anilines is 1. The van der Waals surface area contributed by atoms with E-state index < -0.39 is 0 Å². The van der Waals surface area contributed by atoms with Crippen molar-refractivity contribution >= 4 is 5.69 Å². The molecule has 2 rings (SSSR count). The number of rotatable bonds is 3. The zero-order chi connectivity index (χ0) is 11.4. The number of hydrogen-bond donors (Lipinski definition) is 1. The van der Waals surface area contributed by atoms with E-state index in [1.165, 1.54) is 0 Å². The Morgan fingerprint density at radius 3 is 3.12 bits per heavy atom. The molecule has 1 aromatic rings. The van der Waals surface area contributed by atoms with Gasteiger partial charge in [-0.15, -0.1) is 0 Å². The van der Waals surface area contributed by atoms with Gasteiger partial charge in [-0.3, -0.25) is 0 Å². The van der Waals surface area contributed by atoms with Crippen LogP contribution in [0.1, 0.15) is 25.3 Å². The molecule has 1 N–H and O–H groups in total. The first-order valence-corrected chi connectivity index (χ1v) is 5.68. The van der Waals surface area contributed by atoms with Gasteiger partial charge in [0.15, 0.2) is 0 Å². The first-order valence-electron chi connectivity index (χ1n) is 5.68. The fraction of sp³-hybridized carbons (Fsp3) is 0.462. The van der Waals surface area contributed by atoms with Crippen LogP contribution in [0.3, 0.4) is 0 Å². The molecule has 0 aliphatic carbocycles. The van der Waals surface area contributed by atoms with Gasteiger partial charge < -0.3 is 10.1 Å². The molecule has 2 atom stereocenters. The molecule has 3 heteroatoms. The van der Waals surface area contributed by atoms with Gasteiger partial charge in [-0.1, -0.05) is 6.07 Å². The van der Waals surface area contributed by atoms with Crippen LogP contribution in [0, 0.1) is 11.3 Å². The van der Waals surface area contributed by atoms with E-state index in [1.54, 1.807) is 0 Å². The van der Waals surface area contributed by atoms with Crippen LogP contribution in [0.2, 0.25) is 0 Å². The van der Waals surface area contributed by atoms with Crippen molar-refractivity contribution in [3.63, 3.8) is 0 Å². The van der Waals surface area contributed by atoms with Crippen LogP contribution >= 0.6 is 0 Å². The van der Waals surface area contributed by atoms with Crippen molar-refractivity contribution in [3.8, 4) is 6.07 Å². The minimum Gasteiger partial charge on any atom is -0.380 e. The molecule has 0 aromatic heterocycles. The second-order valence-corrected chi connectivity index (χ2v) is 4.18. The summed E-state index contributed by atoms with van der Waals surface area (Å²) in [6.45, 7) is 2.99. The fourth-order valence-corrected chi connectivity index (χ4v) is 2.03. The number of ether oxygens (including phenoxy) is 1. The van der Waals surface area contributed by atoms with Crippen LogP contribution < -0.4 is 5.32 Å². The van der Waals surface area contributed by atoms with Crippen LogP contribution in [0.25, 0.3) is 0 Å². The van der Waals surface area contributed by atoms with Crippen LogP contribution in [0.5, 0.6) is 0 Å².